The summed E-state index contributed by atoms with van der Waals surface area (Å²) in [6.45, 7) is 9.19. The van der Waals surface area contributed by atoms with E-state index in [1.54, 1.807) is 7.05 Å². The summed E-state index contributed by atoms with van der Waals surface area (Å²) in [6, 6.07) is 12.7. The predicted octanol–water partition coefficient (Wildman–Crippen LogP) is 4.19. The second-order valence-corrected chi connectivity index (χ2v) is 10.9. The minimum atomic E-state index is -0.711. The van der Waals surface area contributed by atoms with E-state index >= 15 is 0 Å². The number of rotatable bonds is 15. The summed E-state index contributed by atoms with van der Waals surface area (Å²) in [4.78, 5) is 41.6. The third kappa shape index (κ3) is 9.40. The fraction of sp³-hybridized carbons (Fsp3) is 0.594. The molecule has 2 aromatic carbocycles. The summed E-state index contributed by atoms with van der Waals surface area (Å²) in [6.07, 6.45) is 4.26. The number of ether oxygens (including phenoxy) is 2. The van der Waals surface area contributed by atoms with Gasteiger partial charge in [-0.05, 0) is 62.8 Å². The molecule has 0 bridgehead atoms. The van der Waals surface area contributed by atoms with Crippen molar-refractivity contribution in [3.63, 3.8) is 0 Å². The van der Waals surface area contributed by atoms with Crippen LogP contribution >= 0.6 is 0 Å². The minimum absolute atomic E-state index is 0.0108. The van der Waals surface area contributed by atoms with Crippen LogP contribution in [0.15, 0.2) is 42.5 Å². The number of carbonyl (C=O) groups excluding carboxylic acids is 3. The number of hydrogen-bond donors (Lipinski definition) is 3. The molecule has 2 atom stereocenters. The third-order valence-electron chi connectivity index (χ3n) is 7.77. The minimum Gasteiger partial charge on any atom is -0.351 e. The number of fused-ring (bicyclic) bond motifs is 1. The van der Waals surface area contributed by atoms with Crippen molar-refractivity contribution in [2.75, 3.05) is 33.4 Å². The molecule has 0 aromatic heterocycles. The van der Waals surface area contributed by atoms with Gasteiger partial charge in [0.05, 0.1) is 12.6 Å². The van der Waals surface area contributed by atoms with Gasteiger partial charge in [0.15, 0.2) is 6.29 Å². The highest BCUT2D eigenvalue weighted by Gasteiger charge is 2.38. The Hall–Kier alpha value is -3.21. The van der Waals surface area contributed by atoms with E-state index in [9.17, 15) is 14.4 Å². The number of hydrazine groups is 1. The van der Waals surface area contributed by atoms with E-state index in [1.165, 1.54) is 5.01 Å². The number of urea groups is 1. The molecular formula is C32H49N5O5. The zero-order valence-corrected chi connectivity index (χ0v) is 25.9. The number of carbonyl (C=O) groups is 3. The maximum atomic E-state index is 14.6. The van der Waals surface area contributed by atoms with Gasteiger partial charge < -0.3 is 25.0 Å². The van der Waals surface area contributed by atoms with Gasteiger partial charge in [-0.3, -0.25) is 15.0 Å². The van der Waals surface area contributed by atoms with Crippen molar-refractivity contribution < 1.29 is 23.9 Å². The molecule has 10 nitrogen and oxygen atoms in total. The van der Waals surface area contributed by atoms with E-state index in [1.807, 2.05) is 56.9 Å². The van der Waals surface area contributed by atoms with Crippen LogP contribution in [0.1, 0.15) is 65.4 Å². The molecule has 232 valence electrons. The molecule has 10 heteroatoms. The van der Waals surface area contributed by atoms with Crippen molar-refractivity contribution in [1.82, 2.24) is 26.0 Å². The Kier molecular flexibility index (Phi) is 13.5. The average Bonchev–Trinajstić information content (AvgIpc) is 2.98. The smallest absolute Gasteiger partial charge is 0.329 e. The van der Waals surface area contributed by atoms with Crippen LogP contribution in [0.25, 0.3) is 10.8 Å². The molecule has 0 aliphatic heterocycles. The first kappa shape index (κ1) is 33.3. The van der Waals surface area contributed by atoms with Gasteiger partial charge >= 0.3 is 6.03 Å². The third-order valence-corrected chi connectivity index (χ3v) is 7.77. The molecule has 1 aliphatic carbocycles. The Morgan fingerprint density at radius 1 is 0.952 bits per heavy atom. The highest BCUT2D eigenvalue weighted by atomic mass is 16.7. The lowest BCUT2D eigenvalue weighted by molar-refractivity contribution is -0.180. The molecule has 3 N–H and O–H groups in total. The van der Waals surface area contributed by atoms with Gasteiger partial charge in [0.25, 0.3) is 0 Å². The summed E-state index contributed by atoms with van der Waals surface area (Å²) in [5, 5.41) is 9.29. The second-order valence-electron chi connectivity index (χ2n) is 10.9. The molecule has 2 aromatic rings. The fourth-order valence-corrected chi connectivity index (χ4v) is 5.71. The molecule has 0 radical (unpaired) electrons. The van der Waals surface area contributed by atoms with Crippen LogP contribution in [-0.4, -0.2) is 79.5 Å². The van der Waals surface area contributed by atoms with Gasteiger partial charge in [0.2, 0.25) is 11.8 Å². The summed E-state index contributed by atoms with van der Waals surface area (Å²) in [5.41, 5.74) is 3.64. The Balaban J connectivity index is 1.93. The molecule has 1 aliphatic rings. The van der Waals surface area contributed by atoms with Gasteiger partial charge in [0.1, 0.15) is 6.04 Å². The van der Waals surface area contributed by atoms with Gasteiger partial charge in [0, 0.05) is 33.4 Å². The zero-order chi connectivity index (χ0) is 30.5. The van der Waals surface area contributed by atoms with Gasteiger partial charge in [-0.2, -0.15) is 0 Å². The van der Waals surface area contributed by atoms with E-state index in [2.05, 4.69) is 34.3 Å². The molecule has 42 heavy (non-hydrogen) atoms. The first-order valence-electron chi connectivity index (χ1n) is 15.3. The first-order chi connectivity index (χ1) is 20.3. The lowest BCUT2D eigenvalue weighted by Crippen LogP contribution is -2.58. The molecule has 0 heterocycles. The zero-order valence-electron chi connectivity index (χ0n) is 25.9. The predicted molar refractivity (Wildman–Crippen MR) is 164 cm³/mol. The van der Waals surface area contributed by atoms with Crippen molar-refractivity contribution in [2.45, 2.75) is 84.7 Å². The molecule has 3 rings (SSSR count). The largest absolute Gasteiger partial charge is 0.351 e. The van der Waals surface area contributed by atoms with Crippen LogP contribution in [0, 0.1) is 5.92 Å². The van der Waals surface area contributed by atoms with E-state index in [0.29, 0.717) is 26.3 Å². The molecule has 1 unspecified atom stereocenters. The Morgan fingerprint density at radius 2 is 1.62 bits per heavy atom. The van der Waals surface area contributed by atoms with Crippen molar-refractivity contribution in [1.29, 1.82) is 0 Å². The number of benzene rings is 2. The van der Waals surface area contributed by atoms with Crippen LogP contribution in [0.2, 0.25) is 0 Å². The van der Waals surface area contributed by atoms with E-state index in [-0.39, 0.29) is 30.3 Å². The molecule has 0 spiro atoms. The molecular weight excluding hydrogens is 534 g/mol. The maximum Gasteiger partial charge on any atom is 0.329 e. The van der Waals surface area contributed by atoms with Crippen LogP contribution < -0.4 is 16.1 Å². The number of hydrogen-bond acceptors (Lipinski definition) is 6. The quantitative estimate of drug-likeness (QED) is 0.214. The van der Waals surface area contributed by atoms with Gasteiger partial charge in [-0.15, -0.1) is 0 Å². The lowest BCUT2D eigenvalue weighted by atomic mass is 9.83. The normalized spacial score (nSPS) is 15.4. The van der Waals surface area contributed by atoms with Gasteiger partial charge in [-0.1, -0.05) is 61.7 Å². The molecule has 1 fully saturated rings. The Morgan fingerprint density at radius 3 is 2.29 bits per heavy atom. The van der Waals surface area contributed by atoms with Crippen LogP contribution in [0.3, 0.4) is 0 Å². The lowest BCUT2D eigenvalue weighted by Gasteiger charge is -2.39. The van der Waals surface area contributed by atoms with E-state index in [4.69, 9.17) is 9.47 Å². The average molecular weight is 584 g/mol. The highest BCUT2D eigenvalue weighted by Crippen LogP contribution is 2.29. The topological polar surface area (TPSA) is 112 Å². The first-order valence-corrected chi connectivity index (χ1v) is 15.3. The standard InChI is InChI=1S/C32H49N5O5/c1-6-33-32(40)35-36(5)22-28(38)34-29(25-16-10-9-11-17-25)30(39)37(23(4)31(41-7-2)42-8-3)21-26-19-14-18-24-15-12-13-20-27(24)26/h12-15,18-20,23,25,29,31H,6-11,16-17,21-22H2,1-5H3,(H,34,38)(H2,33,35,40)/t23?,29-/m0/s1. The number of amides is 4. The second kappa shape index (κ2) is 17.0. The number of likely N-dealkylation sites (N-methyl/N-ethyl adjacent to an activating group) is 1. The number of nitrogens with one attached hydrogen (secondary N) is 3. The summed E-state index contributed by atoms with van der Waals surface area (Å²) < 4.78 is 11.9. The fourth-order valence-electron chi connectivity index (χ4n) is 5.71. The highest BCUT2D eigenvalue weighted by molar-refractivity contribution is 5.90. The SMILES string of the molecule is CCNC(=O)NN(C)CC(=O)N[C@H](C(=O)N(Cc1cccc2ccccc12)C(C)C(OCC)OCC)C1CCCCC1. The van der Waals surface area contributed by atoms with Crippen LogP contribution in [0.5, 0.6) is 0 Å². The van der Waals surface area contributed by atoms with Crippen LogP contribution in [-0.2, 0) is 25.6 Å². The molecule has 4 amide bonds. The maximum absolute atomic E-state index is 14.6. The van der Waals surface area contributed by atoms with E-state index in [0.717, 1.165) is 48.4 Å². The monoisotopic (exact) mass is 583 g/mol. The van der Waals surface area contributed by atoms with Crippen molar-refractivity contribution >= 4 is 28.6 Å². The molecule has 1 saturated carbocycles. The summed E-state index contributed by atoms with van der Waals surface area (Å²) in [5.74, 6) is -0.474. The van der Waals surface area contributed by atoms with Crippen molar-refractivity contribution in [3.8, 4) is 0 Å². The van der Waals surface area contributed by atoms with Crippen LogP contribution in [0.4, 0.5) is 4.79 Å². The van der Waals surface area contributed by atoms with Crippen molar-refractivity contribution in [2.24, 2.45) is 5.92 Å². The van der Waals surface area contributed by atoms with Crippen molar-refractivity contribution in [3.05, 3.63) is 48.0 Å². The summed E-state index contributed by atoms with van der Waals surface area (Å²) >= 11 is 0. The Bertz CT molecular complexity index is 1140. The molecule has 0 saturated heterocycles. The van der Waals surface area contributed by atoms with E-state index < -0.39 is 18.4 Å². The Labute approximate surface area is 250 Å². The number of nitrogens with zero attached hydrogens (tertiary/aromatic N) is 2. The summed E-state index contributed by atoms with van der Waals surface area (Å²) in [7, 11) is 1.62. The van der Waals surface area contributed by atoms with Gasteiger partial charge in [-0.25, -0.2) is 9.80 Å².